The van der Waals surface area contributed by atoms with E-state index in [0.717, 1.165) is 25.6 Å². The maximum absolute atomic E-state index is 12.2. The van der Waals surface area contributed by atoms with Crippen LogP contribution in [0.25, 0.3) is 0 Å². The van der Waals surface area contributed by atoms with Gasteiger partial charge in [0.25, 0.3) is 0 Å². The molecule has 0 aromatic heterocycles. The van der Waals surface area contributed by atoms with Crippen molar-refractivity contribution in [1.82, 2.24) is 10.2 Å². The summed E-state index contributed by atoms with van der Waals surface area (Å²) in [5.74, 6) is 0.847. The molecule has 4 nitrogen and oxygen atoms in total. The van der Waals surface area contributed by atoms with Gasteiger partial charge in [-0.3, -0.25) is 9.69 Å². The molecule has 1 aliphatic heterocycles. The first-order valence-corrected chi connectivity index (χ1v) is 8.39. The Balaban J connectivity index is 1.98. The average molecular weight is 282 g/mol. The SMILES string of the molecule is CCOC(=O)C1CNCCN1C1CCCC(CC)CC1. The summed E-state index contributed by atoms with van der Waals surface area (Å²) in [5.41, 5.74) is 0. The third-order valence-corrected chi connectivity index (χ3v) is 4.95. The van der Waals surface area contributed by atoms with Gasteiger partial charge in [0.1, 0.15) is 6.04 Å². The first kappa shape index (κ1) is 15.8. The second kappa shape index (κ2) is 7.99. The number of nitrogens with one attached hydrogen (secondary N) is 1. The van der Waals surface area contributed by atoms with Crippen LogP contribution in [0.1, 0.15) is 52.4 Å². The topological polar surface area (TPSA) is 41.6 Å². The second-order valence-electron chi connectivity index (χ2n) is 6.15. The summed E-state index contributed by atoms with van der Waals surface area (Å²) in [6.07, 6.45) is 7.78. The Morgan fingerprint density at radius 1 is 1.25 bits per heavy atom. The monoisotopic (exact) mass is 282 g/mol. The van der Waals surface area contributed by atoms with Crippen LogP contribution in [0, 0.1) is 5.92 Å². The lowest BCUT2D eigenvalue weighted by atomic mass is 9.97. The quantitative estimate of drug-likeness (QED) is 0.634. The lowest BCUT2D eigenvalue weighted by molar-refractivity contribution is -0.151. The van der Waals surface area contributed by atoms with E-state index in [-0.39, 0.29) is 12.0 Å². The Morgan fingerprint density at radius 3 is 2.85 bits per heavy atom. The van der Waals surface area contributed by atoms with E-state index in [9.17, 15) is 4.79 Å². The molecule has 3 atom stereocenters. The molecule has 0 spiro atoms. The third-order valence-electron chi connectivity index (χ3n) is 4.95. The normalized spacial score (nSPS) is 32.6. The van der Waals surface area contributed by atoms with Crippen LogP contribution in [0.5, 0.6) is 0 Å². The fourth-order valence-corrected chi connectivity index (χ4v) is 3.71. The van der Waals surface area contributed by atoms with Crippen LogP contribution in [0.3, 0.4) is 0 Å². The lowest BCUT2D eigenvalue weighted by Gasteiger charge is -2.40. The summed E-state index contributed by atoms with van der Waals surface area (Å²) in [6.45, 7) is 7.38. The molecule has 0 aromatic carbocycles. The van der Waals surface area contributed by atoms with Gasteiger partial charge in [0, 0.05) is 25.7 Å². The number of hydrogen-bond donors (Lipinski definition) is 1. The number of ether oxygens (including phenoxy) is 1. The van der Waals surface area contributed by atoms with Gasteiger partial charge in [0.15, 0.2) is 0 Å². The summed E-state index contributed by atoms with van der Waals surface area (Å²) >= 11 is 0. The van der Waals surface area contributed by atoms with Gasteiger partial charge in [-0.25, -0.2) is 0 Å². The molecule has 116 valence electrons. The largest absolute Gasteiger partial charge is 0.465 e. The van der Waals surface area contributed by atoms with Gasteiger partial charge in [-0.15, -0.1) is 0 Å². The number of carbonyl (C=O) groups excluding carboxylic acids is 1. The van der Waals surface area contributed by atoms with Crippen LogP contribution in [-0.4, -0.2) is 49.2 Å². The number of nitrogens with zero attached hydrogens (tertiary/aromatic N) is 1. The van der Waals surface area contributed by atoms with Crippen LogP contribution in [0.4, 0.5) is 0 Å². The minimum atomic E-state index is -0.0770. The number of rotatable bonds is 4. The molecular formula is C16H30N2O2. The molecular weight excluding hydrogens is 252 g/mol. The predicted octanol–water partition coefficient (Wildman–Crippen LogP) is 2.18. The number of hydrogen-bond acceptors (Lipinski definition) is 4. The standard InChI is InChI=1S/C16H30N2O2/c1-3-13-6-5-7-14(9-8-13)18-11-10-17-12-15(18)16(19)20-4-2/h13-15,17H,3-12H2,1-2H3. The van der Waals surface area contributed by atoms with Crippen molar-refractivity contribution in [3.05, 3.63) is 0 Å². The van der Waals surface area contributed by atoms with Gasteiger partial charge >= 0.3 is 5.97 Å². The van der Waals surface area contributed by atoms with Crippen molar-refractivity contribution in [3.8, 4) is 0 Å². The van der Waals surface area contributed by atoms with Crippen molar-refractivity contribution in [3.63, 3.8) is 0 Å². The van der Waals surface area contributed by atoms with Crippen LogP contribution in [-0.2, 0) is 9.53 Å². The van der Waals surface area contributed by atoms with Crippen LogP contribution < -0.4 is 5.32 Å². The average Bonchev–Trinajstić information content (AvgIpc) is 2.73. The molecule has 3 unspecified atom stereocenters. The first-order valence-electron chi connectivity index (χ1n) is 8.39. The molecule has 2 aliphatic rings. The van der Waals surface area contributed by atoms with Crippen molar-refractivity contribution in [2.24, 2.45) is 5.92 Å². The molecule has 2 fully saturated rings. The number of piperazine rings is 1. The molecule has 2 rings (SSSR count). The zero-order valence-corrected chi connectivity index (χ0v) is 13.1. The Kier molecular flexibility index (Phi) is 6.30. The lowest BCUT2D eigenvalue weighted by Crippen LogP contribution is -2.58. The molecule has 0 amide bonds. The maximum atomic E-state index is 12.2. The van der Waals surface area contributed by atoms with E-state index in [1.54, 1.807) is 0 Å². The maximum Gasteiger partial charge on any atom is 0.324 e. The van der Waals surface area contributed by atoms with E-state index in [4.69, 9.17) is 4.74 Å². The number of carbonyl (C=O) groups is 1. The van der Waals surface area contributed by atoms with Crippen molar-refractivity contribution in [2.75, 3.05) is 26.2 Å². The van der Waals surface area contributed by atoms with Crippen molar-refractivity contribution >= 4 is 5.97 Å². The zero-order chi connectivity index (χ0) is 14.4. The van der Waals surface area contributed by atoms with E-state index >= 15 is 0 Å². The van der Waals surface area contributed by atoms with E-state index in [1.165, 1.54) is 38.5 Å². The van der Waals surface area contributed by atoms with Crippen molar-refractivity contribution in [1.29, 1.82) is 0 Å². The minimum Gasteiger partial charge on any atom is -0.465 e. The highest BCUT2D eigenvalue weighted by atomic mass is 16.5. The molecule has 1 aliphatic carbocycles. The first-order chi connectivity index (χ1) is 9.76. The van der Waals surface area contributed by atoms with Gasteiger partial charge in [0.05, 0.1) is 6.61 Å². The van der Waals surface area contributed by atoms with Gasteiger partial charge in [0.2, 0.25) is 0 Å². The Bertz CT molecular complexity index is 309. The summed E-state index contributed by atoms with van der Waals surface area (Å²) < 4.78 is 5.26. The van der Waals surface area contributed by atoms with Gasteiger partial charge in [-0.2, -0.15) is 0 Å². The van der Waals surface area contributed by atoms with E-state index in [2.05, 4.69) is 17.1 Å². The molecule has 1 saturated carbocycles. The fraction of sp³-hybridized carbons (Fsp3) is 0.938. The molecule has 1 heterocycles. The van der Waals surface area contributed by atoms with E-state index < -0.39 is 0 Å². The molecule has 0 radical (unpaired) electrons. The highest BCUT2D eigenvalue weighted by Gasteiger charge is 2.35. The van der Waals surface area contributed by atoms with Crippen molar-refractivity contribution < 1.29 is 9.53 Å². The molecule has 0 aromatic rings. The van der Waals surface area contributed by atoms with Gasteiger partial charge in [-0.1, -0.05) is 26.2 Å². The molecule has 1 N–H and O–H groups in total. The van der Waals surface area contributed by atoms with Crippen molar-refractivity contribution in [2.45, 2.75) is 64.5 Å². The van der Waals surface area contributed by atoms with Crippen LogP contribution >= 0.6 is 0 Å². The van der Waals surface area contributed by atoms with Crippen LogP contribution in [0.15, 0.2) is 0 Å². The Morgan fingerprint density at radius 2 is 2.10 bits per heavy atom. The molecule has 20 heavy (non-hydrogen) atoms. The minimum absolute atomic E-state index is 0.0454. The fourth-order valence-electron chi connectivity index (χ4n) is 3.71. The summed E-state index contributed by atoms with van der Waals surface area (Å²) in [4.78, 5) is 14.6. The Hall–Kier alpha value is -0.610. The zero-order valence-electron chi connectivity index (χ0n) is 13.1. The molecule has 1 saturated heterocycles. The number of esters is 1. The smallest absolute Gasteiger partial charge is 0.324 e. The van der Waals surface area contributed by atoms with Gasteiger partial charge in [-0.05, 0) is 32.1 Å². The van der Waals surface area contributed by atoms with Crippen LogP contribution in [0.2, 0.25) is 0 Å². The molecule has 0 bridgehead atoms. The Labute approximate surface area is 123 Å². The highest BCUT2D eigenvalue weighted by Crippen LogP contribution is 2.29. The summed E-state index contributed by atoms with van der Waals surface area (Å²) in [6, 6.07) is 0.495. The van der Waals surface area contributed by atoms with E-state index in [1.807, 2.05) is 6.92 Å². The second-order valence-corrected chi connectivity index (χ2v) is 6.15. The molecule has 4 heteroatoms. The van der Waals surface area contributed by atoms with E-state index in [0.29, 0.717) is 12.6 Å². The summed E-state index contributed by atoms with van der Waals surface area (Å²) in [5, 5.41) is 3.34. The predicted molar refractivity (Wildman–Crippen MR) is 80.7 cm³/mol. The third kappa shape index (κ3) is 3.95. The highest BCUT2D eigenvalue weighted by molar-refractivity contribution is 5.76. The van der Waals surface area contributed by atoms with Gasteiger partial charge < -0.3 is 10.1 Å². The summed E-state index contributed by atoms with van der Waals surface area (Å²) in [7, 11) is 0.